The standard InChI is InChI=1S/C15H15FN2O2S/c1-8-5-9(16)7-10(6-8)17-15-18-13-11(14(19)20)3-2-4-12(13)21-15/h5-7,11H,2-4H2,1H3,(H,17,18)(H,19,20). The first-order chi connectivity index (χ1) is 10.0. The Kier molecular flexibility index (Phi) is 3.63. The Balaban J connectivity index is 1.89. The van der Waals surface area contributed by atoms with E-state index in [2.05, 4.69) is 10.3 Å². The third kappa shape index (κ3) is 2.90. The van der Waals surface area contributed by atoms with Crippen molar-refractivity contribution in [1.82, 2.24) is 4.98 Å². The molecule has 1 unspecified atom stereocenters. The molecule has 6 heteroatoms. The van der Waals surface area contributed by atoms with Crippen LogP contribution in [-0.2, 0) is 11.2 Å². The maximum atomic E-state index is 13.4. The molecular weight excluding hydrogens is 291 g/mol. The molecule has 1 aromatic heterocycles. The predicted molar refractivity (Wildman–Crippen MR) is 79.8 cm³/mol. The highest BCUT2D eigenvalue weighted by molar-refractivity contribution is 7.15. The van der Waals surface area contributed by atoms with Crippen molar-refractivity contribution >= 4 is 28.1 Å². The Labute approximate surface area is 125 Å². The Morgan fingerprint density at radius 2 is 2.29 bits per heavy atom. The largest absolute Gasteiger partial charge is 0.481 e. The van der Waals surface area contributed by atoms with Crippen LogP contribution in [0.5, 0.6) is 0 Å². The normalized spacial score (nSPS) is 17.3. The lowest BCUT2D eigenvalue weighted by molar-refractivity contribution is -0.139. The predicted octanol–water partition coefficient (Wildman–Crippen LogP) is 3.84. The van der Waals surface area contributed by atoms with Crippen molar-refractivity contribution in [2.45, 2.75) is 32.1 Å². The van der Waals surface area contributed by atoms with E-state index >= 15 is 0 Å². The quantitative estimate of drug-likeness (QED) is 0.904. The number of carboxylic acids is 1. The number of carbonyl (C=O) groups is 1. The van der Waals surface area contributed by atoms with Gasteiger partial charge < -0.3 is 10.4 Å². The fraction of sp³-hybridized carbons (Fsp3) is 0.333. The molecule has 0 saturated carbocycles. The lowest BCUT2D eigenvalue weighted by Crippen LogP contribution is -2.17. The number of thiazole rings is 1. The maximum absolute atomic E-state index is 13.4. The summed E-state index contributed by atoms with van der Waals surface area (Å²) in [5.74, 6) is -1.65. The van der Waals surface area contributed by atoms with Gasteiger partial charge in [0, 0.05) is 10.6 Å². The SMILES string of the molecule is Cc1cc(F)cc(Nc2nc3c(s2)CCCC3C(=O)O)c1. The zero-order valence-electron chi connectivity index (χ0n) is 11.5. The molecule has 4 nitrogen and oxygen atoms in total. The summed E-state index contributed by atoms with van der Waals surface area (Å²) in [6.45, 7) is 1.82. The smallest absolute Gasteiger partial charge is 0.312 e. The Morgan fingerprint density at radius 3 is 3.00 bits per heavy atom. The number of hydrogen-bond donors (Lipinski definition) is 2. The summed E-state index contributed by atoms with van der Waals surface area (Å²) in [5, 5.41) is 13.0. The van der Waals surface area contributed by atoms with Crippen LogP contribution in [0, 0.1) is 12.7 Å². The van der Waals surface area contributed by atoms with Crippen LogP contribution in [0.3, 0.4) is 0 Å². The van der Waals surface area contributed by atoms with Gasteiger partial charge in [-0.2, -0.15) is 0 Å². The maximum Gasteiger partial charge on any atom is 0.312 e. The van der Waals surface area contributed by atoms with E-state index in [1.807, 2.05) is 13.0 Å². The van der Waals surface area contributed by atoms with Crippen molar-refractivity contribution in [3.8, 4) is 0 Å². The highest BCUT2D eigenvalue weighted by atomic mass is 32.1. The third-order valence-electron chi connectivity index (χ3n) is 3.55. The molecule has 0 saturated heterocycles. The molecule has 0 radical (unpaired) electrons. The second-order valence-electron chi connectivity index (χ2n) is 5.25. The molecule has 1 atom stereocenters. The van der Waals surface area contributed by atoms with E-state index in [-0.39, 0.29) is 5.82 Å². The molecule has 2 N–H and O–H groups in total. The van der Waals surface area contributed by atoms with Crippen molar-refractivity contribution in [3.63, 3.8) is 0 Å². The van der Waals surface area contributed by atoms with Crippen LogP contribution < -0.4 is 5.32 Å². The van der Waals surface area contributed by atoms with Crippen LogP contribution in [0.15, 0.2) is 18.2 Å². The molecule has 3 rings (SSSR count). The van der Waals surface area contributed by atoms with E-state index < -0.39 is 11.9 Å². The number of aliphatic carboxylic acids is 1. The average molecular weight is 306 g/mol. The van der Waals surface area contributed by atoms with Gasteiger partial charge in [0.25, 0.3) is 0 Å². The second kappa shape index (κ2) is 5.44. The van der Waals surface area contributed by atoms with Crippen LogP contribution in [-0.4, -0.2) is 16.1 Å². The van der Waals surface area contributed by atoms with Gasteiger partial charge in [-0.3, -0.25) is 4.79 Å². The highest BCUT2D eigenvalue weighted by Crippen LogP contribution is 2.37. The average Bonchev–Trinajstić information content (AvgIpc) is 2.78. The molecule has 0 amide bonds. The van der Waals surface area contributed by atoms with E-state index in [0.29, 0.717) is 22.9 Å². The monoisotopic (exact) mass is 306 g/mol. The molecule has 21 heavy (non-hydrogen) atoms. The number of nitrogens with zero attached hydrogens (tertiary/aromatic N) is 1. The fourth-order valence-electron chi connectivity index (χ4n) is 2.64. The third-order valence-corrected chi connectivity index (χ3v) is 4.59. The van der Waals surface area contributed by atoms with Gasteiger partial charge in [-0.05, 0) is 49.9 Å². The summed E-state index contributed by atoms with van der Waals surface area (Å²) in [4.78, 5) is 16.7. The van der Waals surface area contributed by atoms with E-state index in [1.165, 1.54) is 23.5 Å². The molecule has 0 spiro atoms. The fourth-order valence-corrected chi connectivity index (χ4v) is 3.73. The van der Waals surface area contributed by atoms with Crippen molar-refractivity contribution in [2.24, 2.45) is 0 Å². The van der Waals surface area contributed by atoms with Gasteiger partial charge >= 0.3 is 5.97 Å². The molecular formula is C15H15FN2O2S. The number of anilines is 2. The van der Waals surface area contributed by atoms with Gasteiger partial charge in [-0.15, -0.1) is 11.3 Å². The Hall–Kier alpha value is -1.95. The minimum atomic E-state index is -0.825. The second-order valence-corrected chi connectivity index (χ2v) is 6.34. The zero-order valence-corrected chi connectivity index (χ0v) is 12.3. The topological polar surface area (TPSA) is 62.2 Å². The summed E-state index contributed by atoms with van der Waals surface area (Å²) in [6, 6.07) is 4.69. The van der Waals surface area contributed by atoms with Crippen molar-refractivity contribution in [2.75, 3.05) is 5.32 Å². The number of hydrogen-bond acceptors (Lipinski definition) is 4. The number of rotatable bonds is 3. The number of nitrogens with one attached hydrogen (secondary N) is 1. The molecule has 1 aliphatic rings. The van der Waals surface area contributed by atoms with Crippen molar-refractivity contribution in [1.29, 1.82) is 0 Å². The summed E-state index contributed by atoms with van der Waals surface area (Å²) >= 11 is 1.46. The highest BCUT2D eigenvalue weighted by Gasteiger charge is 2.29. The van der Waals surface area contributed by atoms with Crippen LogP contribution in [0.2, 0.25) is 0 Å². The summed E-state index contributed by atoms with van der Waals surface area (Å²) in [5.41, 5.74) is 2.11. The van der Waals surface area contributed by atoms with Crippen LogP contribution >= 0.6 is 11.3 Å². The van der Waals surface area contributed by atoms with E-state index in [0.717, 1.165) is 23.3 Å². The van der Waals surface area contributed by atoms with Crippen molar-refractivity contribution in [3.05, 3.63) is 40.2 Å². The minimum absolute atomic E-state index is 0.303. The minimum Gasteiger partial charge on any atom is -0.481 e. The van der Waals surface area contributed by atoms with Gasteiger partial charge in [-0.25, -0.2) is 9.37 Å². The molecule has 1 aliphatic carbocycles. The molecule has 0 aliphatic heterocycles. The number of halogens is 1. The molecule has 1 aromatic carbocycles. The zero-order chi connectivity index (χ0) is 15.0. The Bertz CT molecular complexity index is 679. The number of benzene rings is 1. The van der Waals surface area contributed by atoms with Gasteiger partial charge in [0.15, 0.2) is 5.13 Å². The first-order valence-electron chi connectivity index (χ1n) is 6.79. The molecule has 1 heterocycles. The van der Waals surface area contributed by atoms with Gasteiger partial charge in [0.2, 0.25) is 0 Å². The first kappa shape index (κ1) is 14.0. The molecule has 0 fully saturated rings. The molecule has 110 valence electrons. The summed E-state index contributed by atoms with van der Waals surface area (Å²) < 4.78 is 13.4. The van der Waals surface area contributed by atoms with Crippen LogP contribution in [0.25, 0.3) is 0 Å². The summed E-state index contributed by atoms with van der Waals surface area (Å²) in [6.07, 6.45) is 2.36. The van der Waals surface area contributed by atoms with E-state index in [9.17, 15) is 14.3 Å². The van der Waals surface area contributed by atoms with E-state index in [1.54, 1.807) is 0 Å². The van der Waals surface area contributed by atoms with Crippen LogP contribution in [0.1, 0.15) is 34.9 Å². The van der Waals surface area contributed by atoms with Crippen molar-refractivity contribution < 1.29 is 14.3 Å². The van der Waals surface area contributed by atoms with Gasteiger partial charge in [-0.1, -0.05) is 0 Å². The van der Waals surface area contributed by atoms with E-state index in [4.69, 9.17) is 0 Å². The molecule has 0 bridgehead atoms. The lowest BCUT2D eigenvalue weighted by Gasteiger charge is -2.16. The lowest BCUT2D eigenvalue weighted by atomic mass is 9.91. The van der Waals surface area contributed by atoms with Gasteiger partial charge in [0.1, 0.15) is 11.7 Å². The number of aryl methyl sites for hydroxylation is 2. The van der Waals surface area contributed by atoms with Crippen LogP contribution in [0.4, 0.5) is 15.2 Å². The van der Waals surface area contributed by atoms with Gasteiger partial charge in [0.05, 0.1) is 5.69 Å². The molecule has 2 aromatic rings. The first-order valence-corrected chi connectivity index (χ1v) is 7.61. The number of fused-ring (bicyclic) bond motifs is 1. The number of aromatic nitrogens is 1. The summed E-state index contributed by atoms with van der Waals surface area (Å²) in [7, 11) is 0. The Morgan fingerprint density at radius 1 is 1.48 bits per heavy atom. The number of carboxylic acid groups (broad SMARTS) is 1.